The zero-order valence-corrected chi connectivity index (χ0v) is 37.1. The lowest BCUT2D eigenvalue weighted by Crippen LogP contribution is -2.64. The van der Waals surface area contributed by atoms with Crippen LogP contribution in [0.2, 0.25) is 0 Å². The summed E-state index contributed by atoms with van der Waals surface area (Å²) in [6, 6.07) is 5.80. The molecule has 0 spiro atoms. The molecule has 19 heteroatoms. The Bertz CT molecular complexity index is 1980. The van der Waals surface area contributed by atoms with Crippen molar-refractivity contribution in [3.05, 3.63) is 36.2 Å². The largest absolute Gasteiger partial charge is 0.458 e. The summed E-state index contributed by atoms with van der Waals surface area (Å²) >= 11 is 0. The monoisotopic (exact) mass is 855 g/mol. The van der Waals surface area contributed by atoms with E-state index >= 15 is 0 Å². The molecule has 3 fully saturated rings. The van der Waals surface area contributed by atoms with Gasteiger partial charge in [-0.15, -0.1) is 10.2 Å². The van der Waals surface area contributed by atoms with Gasteiger partial charge >= 0.3 is 12.1 Å². The maximum absolute atomic E-state index is 14.3. The fraction of sp³-hybridized carbons (Fsp3) is 0.738. The van der Waals surface area contributed by atoms with Crippen LogP contribution < -0.4 is 5.32 Å². The maximum atomic E-state index is 14.3. The number of rotatable bonds is 12. The summed E-state index contributed by atoms with van der Waals surface area (Å²) in [5.74, 6) is -3.35. The highest BCUT2D eigenvalue weighted by atomic mass is 16.7. The molecule has 3 N–H and O–H groups in total. The number of cyclic esters (lactones) is 1. The number of methoxy groups -OCH3 is 1. The molecule has 338 valence electrons. The van der Waals surface area contributed by atoms with Crippen LogP contribution in [-0.4, -0.2) is 168 Å². The number of carbonyl (C=O) groups is 3. The van der Waals surface area contributed by atoms with Crippen LogP contribution in [0.15, 0.2) is 30.5 Å². The minimum atomic E-state index is -1.27. The topological polar surface area (TPSA) is 218 Å². The Morgan fingerprint density at radius 1 is 1.02 bits per heavy atom. The van der Waals surface area contributed by atoms with Crippen LogP contribution >= 0.6 is 0 Å². The number of aromatic nitrogens is 6. The molecule has 3 aliphatic rings. The molecule has 0 bridgehead atoms. The summed E-state index contributed by atoms with van der Waals surface area (Å²) in [5.41, 5.74) is 0.0291. The van der Waals surface area contributed by atoms with E-state index in [4.69, 9.17) is 23.7 Å². The highest BCUT2D eigenvalue weighted by Crippen LogP contribution is 2.40. The summed E-state index contributed by atoms with van der Waals surface area (Å²) in [6.07, 6.45) is -2.01. The molecule has 0 radical (unpaired) electrons. The van der Waals surface area contributed by atoms with E-state index in [1.54, 1.807) is 47.1 Å². The second-order valence-electron chi connectivity index (χ2n) is 17.7. The van der Waals surface area contributed by atoms with E-state index in [-0.39, 0.29) is 18.7 Å². The predicted molar refractivity (Wildman–Crippen MR) is 221 cm³/mol. The van der Waals surface area contributed by atoms with Gasteiger partial charge in [-0.2, -0.15) is 0 Å². The van der Waals surface area contributed by atoms with Crippen molar-refractivity contribution in [2.45, 2.75) is 153 Å². The number of nitrogens with zero attached hydrogens (tertiary/aromatic N) is 8. The summed E-state index contributed by atoms with van der Waals surface area (Å²) < 4.78 is 34.5. The van der Waals surface area contributed by atoms with Gasteiger partial charge in [0, 0.05) is 38.2 Å². The van der Waals surface area contributed by atoms with Gasteiger partial charge in [-0.25, -0.2) is 9.48 Å². The van der Waals surface area contributed by atoms with E-state index in [0.29, 0.717) is 45.3 Å². The number of ether oxygens (including phenoxy) is 5. The Morgan fingerprint density at radius 3 is 2.44 bits per heavy atom. The fourth-order valence-corrected chi connectivity index (χ4v) is 9.76. The third kappa shape index (κ3) is 9.62. The Kier molecular flexibility index (Phi) is 14.5. The van der Waals surface area contributed by atoms with Gasteiger partial charge in [0.15, 0.2) is 17.7 Å². The number of carbonyl (C=O) groups excluding carboxylic acids is 3. The van der Waals surface area contributed by atoms with Crippen molar-refractivity contribution in [1.82, 2.24) is 45.1 Å². The molecule has 0 aliphatic carbocycles. The SMILES string of the molecule is CC[C@@H]1OC(=O)[C@H](C)C(=O)[C@H](C)[C@@H](O[C@@H]2OC[C@@H](O)C(N(C)C)[C@@H]2O)[C@@](C)(OC)C[C@@H](C)N[C@@H](C)[C@H]2N(CCCCn3cc(Cn4nnc5ccccc54)nn3)C(=O)O[C@]12C. The first-order valence-corrected chi connectivity index (χ1v) is 21.4. The van der Waals surface area contributed by atoms with Gasteiger partial charge in [-0.05, 0) is 86.5 Å². The van der Waals surface area contributed by atoms with E-state index in [0.717, 1.165) is 16.7 Å². The summed E-state index contributed by atoms with van der Waals surface area (Å²) in [4.78, 5) is 45.5. The van der Waals surface area contributed by atoms with Crippen molar-refractivity contribution in [3.63, 3.8) is 0 Å². The van der Waals surface area contributed by atoms with Gasteiger partial charge in [0.05, 0.1) is 54.8 Å². The molecule has 13 atom stereocenters. The zero-order chi connectivity index (χ0) is 44.4. The van der Waals surface area contributed by atoms with E-state index < -0.39 is 83.7 Å². The summed E-state index contributed by atoms with van der Waals surface area (Å²) in [7, 11) is 5.01. The molecular formula is C42H65N9O10. The van der Waals surface area contributed by atoms with Crippen LogP contribution in [0.3, 0.4) is 0 Å². The van der Waals surface area contributed by atoms with Gasteiger partial charge < -0.3 is 44.1 Å². The number of esters is 1. The number of ketones is 1. The van der Waals surface area contributed by atoms with E-state index in [1.165, 1.54) is 14.0 Å². The molecule has 1 unspecified atom stereocenters. The zero-order valence-electron chi connectivity index (χ0n) is 37.1. The number of fused-ring (bicyclic) bond motifs is 2. The molecule has 5 heterocycles. The molecule has 6 rings (SSSR count). The van der Waals surface area contributed by atoms with Crippen LogP contribution in [0.4, 0.5) is 4.79 Å². The highest BCUT2D eigenvalue weighted by molar-refractivity contribution is 6.00. The van der Waals surface area contributed by atoms with Crippen LogP contribution in [0.25, 0.3) is 11.0 Å². The van der Waals surface area contributed by atoms with Crippen molar-refractivity contribution in [2.24, 2.45) is 11.8 Å². The molecule has 3 aliphatic heterocycles. The lowest BCUT2D eigenvalue weighted by atomic mass is 9.78. The minimum Gasteiger partial charge on any atom is -0.458 e. The lowest BCUT2D eigenvalue weighted by Gasteiger charge is -2.47. The van der Waals surface area contributed by atoms with Crippen LogP contribution in [0.5, 0.6) is 0 Å². The maximum Gasteiger partial charge on any atom is 0.410 e. The van der Waals surface area contributed by atoms with Crippen LogP contribution in [0, 0.1) is 11.8 Å². The minimum absolute atomic E-state index is 0.0958. The molecular weight excluding hydrogens is 791 g/mol. The number of aliphatic hydroxyl groups is 2. The fourth-order valence-electron chi connectivity index (χ4n) is 9.76. The van der Waals surface area contributed by atoms with Crippen molar-refractivity contribution in [2.75, 3.05) is 34.4 Å². The number of hydrogen-bond acceptors (Lipinski definition) is 16. The third-order valence-electron chi connectivity index (χ3n) is 12.9. The van der Waals surface area contributed by atoms with Gasteiger partial charge in [0.1, 0.15) is 29.3 Å². The number of para-hydroxylation sites is 1. The molecule has 0 saturated carbocycles. The van der Waals surface area contributed by atoms with E-state index in [9.17, 15) is 24.6 Å². The number of aryl methyl sites for hydroxylation is 1. The standard InChI is InChI=1S/C42H65N9O10/c1-11-32-42(7)36(50(40(56)61-42)19-15-14-18-49-21-28(44-46-49)22-51-30-17-13-12-16-29(30)45-47-51)27(5)43-24(2)20-41(6,57-10)37(25(3)34(53)26(4)38(55)59-32)60-39-35(54)33(48(8)9)31(52)23-58-39/h12-13,16-17,21,24-27,31-33,35-37,39,43,52,54H,11,14-15,18-20,22-23H2,1-10H3/t24-,25+,26-,27+,31-,32+,33?,35+,36-,37-,39+,41+,42-/m1/s1. The molecule has 3 aromatic rings. The van der Waals surface area contributed by atoms with Crippen LogP contribution in [0.1, 0.15) is 79.8 Å². The number of aliphatic hydroxyl groups excluding tert-OH is 2. The number of nitrogens with one attached hydrogen (secondary N) is 1. The molecule has 3 saturated heterocycles. The smallest absolute Gasteiger partial charge is 0.410 e. The van der Waals surface area contributed by atoms with Gasteiger partial charge in [-0.1, -0.05) is 36.4 Å². The van der Waals surface area contributed by atoms with Gasteiger partial charge in [0.25, 0.3) is 0 Å². The first-order valence-electron chi connectivity index (χ1n) is 21.4. The van der Waals surface area contributed by atoms with E-state index in [1.807, 2.05) is 58.2 Å². The van der Waals surface area contributed by atoms with Crippen molar-refractivity contribution in [1.29, 1.82) is 0 Å². The highest BCUT2D eigenvalue weighted by Gasteiger charge is 2.59. The molecule has 61 heavy (non-hydrogen) atoms. The number of Topliss-reactive ketones (excluding diaryl/α,β-unsaturated/α-hetero) is 1. The van der Waals surface area contributed by atoms with Crippen LogP contribution in [-0.2, 0) is 46.4 Å². The third-order valence-corrected chi connectivity index (χ3v) is 12.9. The number of benzene rings is 1. The van der Waals surface area contributed by atoms with Crippen molar-refractivity contribution in [3.8, 4) is 0 Å². The van der Waals surface area contributed by atoms with Gasteiger partial charge in [-0.3, -0.25) is 19.2 Å². The number of likely N-dealkylation sites (N-methyl/N-ethyl adjacent to an activating group) is 1. The second kappa shape index (κ2) is 19.1. The summed E-state index contributed by atoms with van der Waals surface area (Å²) in [6.45, 7) is 13.9. The Labute approximate surface area is 357 Å². The van der Waals surface area contributed by atoms with Crippen molar-refractivity contribution < 1.29 is 48.3 Å². The van der Waals surface area contributed by atoms with E-state index in [2.05, 4.69) is 25.9 Å². The first-order chi connectivity index (χ1) is 28.9. The number of hydrogen-bond donors (Lipinski definition) is 3. The molecule has 1 amide bonds. The Morgan fingerprint density at radius 2 is 1.74 bits per heavy atom. The molecule has 1 aromatic carbocycles. The summed E-state index contributed by atoms with van der Waals surface area (Å²) in [5, 5.41) is 42.8. The predicted octanol–water partition coefficient (Wildman–Crippen LogP) is 2.16. The Hall–Kier alpha value is -4.11. The average Bonchev–Trinajstić information content (AvgIpc) is 3.92. The molecule has 2 aromatic heterocycles. The van der Waals surface area contributed by atoms with Gasteiger partial charge in [0.2, 0.25) is 0 Å². The second-order valence-corrected chi connectivity index (χ2v) is 17.7. The normalized spacial score (nSPS) is 35.6. The molecule has 19 nitrogen and oxygen atoms in total. The van der Waals surface area contributed by atoms with Crippen molar-refractivity contribution >= 4 is 28.9 Å². The quantitative estimate of drug-likeness (QED) is 0.135. The first kappa shape index (κ1) is 46.4. The number of unbranched alkanes of at least 4 members (excludes halogenated alkanes) is 1. The lowest BCUT2D eigenvalue weighted by molar-refractivity contribution is -0.295. The average molecular weight is 856 g/mol. The number of amides is 1. The Balaban J connectivity index is 1.20.